The molecule has 2 heterocycles. The van der Waals surface area contributed by atoms with Crippen LogP contribution in [0.3, 0.4) is 0 Å². The van der Waals surface area contributed by atoms with E-state index in [9.17, 15) is 14.0 Å². The summed E-state index contributed by atoms with van der Waals surface area (Å²) in [6.45, 7) is -0.000665. The van der Waals surface area contributed by atoms with Gasteiger partial charge in [-0.15, -0.1) is 0 Å². The van der Waals surface area contributed by atoms with E-state index in [0.29, 0.717) is 11.2 Å². The summed E-state index contributed by atoms with van der Waals surface area (Å²) in [7, 11) is 0. The fraction of sp³-hybridized carbons (Fsp3) is 0.0833. The highest BCUT2D eigenvalue weighted by Gasteiger charge is 2.13. The Morgan fingerprint density at radius 3 is 2.62 bits per heavy atom. The minimum Gasteiger partial charge on any atom is -0.350 e. The van der Waals surface area contributed by atoms with Crippen LogP contribution in [0, 0.1) is 5.82 Å². The first-order valence-electron chi connectivity index (χ1n) is 10.0. The van der Waals surface area contributed by atoms with Gasteiger partial charge in [-0.25, -0.2) is 13.6 Å². The highest BCUT2D eigenvalue weighted by Crippen LogP contribution is 2.27. The number of aromatic nitrogens is 4. The number of halogens is 1. The third-order valence-corrected chi connectivity index (χ3v) is 5.25. The second-order valence-electron chi connectivity index (χ2n) is 7.38. The number of rotatable bonds is 5. The molecule has 0 unspecified atom stereocenters. The molecule has 0 aliphatic heterocycles. The number of carbonyl (C=O) groups excluding carboxylic acids is 1. The van der Waals surface area contributed by atoms with Crippen LogP contribution < -0.4 is 10.9 Å². The van der Waals surface area contributed by atoms with Gasteiger partial charge in [-0.05, 0) is 34.5 Å². The van der Waals surface area contributed by atoms with Gasteiger partial charge in [0, 0.05) is 12.1 Å². The maximum absolute atomic E-state index is 13.0. The van der Waals surface area contributed by atoms with Crippen LogP contribution in [-0.4, -0.2) is 25.3 Å². The van der Waals surface area contributed by atoms with Crippen molar-refractivity contribution in [2.24, 2.45) is 0 Å². The molecule has 0 bridgehead atoms. The van der Waals surface area contributed by atoms with Gasteiger partial charge in [0.25, 0.3) is 5.56 Å². The number of hydrogen-bond acceptors (Lipinski definition) is 4. The first-order chi connectivity index (χ1) is 15.6. The van der Waals surface area contributed by atoms with E-state index in [4.69, 9.17) is 0 Å². The van der Waals surface area contributed by atoms with Crippen LogP contribution in [-0.2, 0) is 17.9 Å². The molecule has 0 spiro atoms. The Balaban J connectivity index is 1.40. The van der Waals surface area contributed by atoms with Crippen LogP contribution in [0.15, 0.2) is 83.9 Å². The van der Waals surface area contributed by atoms with Crippen LogP contribution in [0.25, 0.3) is 27.5 Å². The van der Waals surface area contributed by atoms with Crippen molar-refractivity contribution in [2.75, 3.05) is 0 Å². The summed E-state index contributed by atoms with van der Waals surface area (Å²) in [6, 6.07) is 21.4. The SMILES string of the molecule is O=C(Cn1ncn2nc(-c3cccc4ccccc34)cc2c1=O)NCc1ccc(F)cc1. The normalized spacial score (nSPS) is 11.2. The van der Waals surface area contributed by atoms with Crippen LogP contribution in [0.5, 0.6) is 0 Å². The molecule has 7 nitrogen and oxygen atoms in total. The average Bonchev–Trinajstić information content (AvgIpc) is 3.25. The van der Waals surface area contributed by atoms with Gasteiger partial charge in [0.1, 0.15) is 24.2 Å². The number of benzene rings is 3. The van der Waals surface area contributed by atoms with E-state index in [1.165, 1.54) is 23.0 Å². The number of nitrogens with zero attached hydrogens (tertiary/aromatic N) is 4. The van der Waals surface area contributed by atoms with Crippen molar-refractivity contribution in [2.45, 2.75) is 13.1 Å². The summed E-state index contributed by atoms with van der Waals surface area (Å²) in [5, 5.41) is 13.4. The Labute approximate surface area is 181 Å². The zero-order valence-corrected chi connectivity index (χ0v) is 16.9. The predicted molar refractivity (Wildman–Crippen MR) is 118 cm³/mol. The monoisotopic (exact) mass is 427 g/mol. The average molecular weight is 427 g/mol. The minimum atomic E-state index is -0.414. The molecule has 32 heavy (non-hydrogen) atoms. The van der Waals surface area contributed by atoms with E-state index < -0.39 is 5.56 Å². The van der Waals surface area contributed by atoms with Gasteiger partial charge in [-0.2, -0.15) is 10.2 Å². The number of carbonyl (C=O) groups is 1. The predicted octanol–water partition coefficient (Wildman–Crippen LogP) is 3.17. The summed E-state index contributed by atoms with van der Waals surface area (Å²) in [4.78, 5) is 25.2. The Morgan fingerprint density at radius 2 is 1.78 bits per heavy atom. The maximum atomic E-state index is 13.0. The van der Waals surface area contributed by atoms with E-state index >= 15 is 0 Å². The molecular formula is C24H18FN5O2. The van der Waals surface area contributed by atoms with Gasteiger partial charge in [-0.3, -0.25) is 9.59 Å². The lowest BCUT2D eigenvalue weighted by Crippen LogP contribution is -2.34. The van der Waals surface area contributed by atoms with Crippen molar-refractivity contribution in [3.05, 3.63) is 101 Å². The van der Waals surface area contributed by atoms with E-state index in [1.54, 1.807) is 18.2 Å². The molecule has 8 heteroatoms. The van der Waals surface area contributed by atoms with Gasteiger partial charge < -0.3 is 5.32 Å². The Morgan fingerprint density at radius 1 is 1.00 bits per heavy atom. The molecule has 0 aliphatic rings. The van der Waals surface area contributed by atoms with Crippen LogP contribution in [0.2, 0.25) is 0 Å². The number of hydrogen-bond donors (Lipinski definition) is 1. The molecule has 5 rings (SSSR count). The maximum Gasteiger partial charge on any atom is 0.293 e. The van der Waals surface area contributed by atoms with Crippen molar-refractivity contribution in [3.8, 4) is 11.3 Å². The topological polar surface area (TPSA) is 81.3 Å². The molecule has 1 N–H and O–H groups in total. The highest BCUT2D eigenvalue weighted by molar-refractivity contribution is 5.96. The second-order valence-corrected chi connectivity index (χ2v) is 7.38. The first kappa shape index (κ1) is 19.6. The molecule has 1 amide bonds. The largest absolute Gasteiger partial charge is 0.350 e. The van der Waals surface area contributed by atoms with Crippen molar-refractivity contribution in [1.82, 2.24) is 24.7 Å². The molecule has 0 saturated carbocycles. The Hall–Kier alpha value is -4.33. The smallest absolute Gasteiger partial charge is 0.293 e. The van der Waals surface area contributed by atoms with Crippen molar-refractivity contribution in [1.29, 1.82) is 0 Å². The summed E-state index contributed by atoms with van der Waals surface area (Å²) in [5.74, 6) is -0.713. The van der Waals surface area contributed by atoms with E-state index in [1.807, 2.05) is 42.5 Å². The fourth-order valence-corrected chi connectivity index (χ4v) is 3.63. The van der Waals surface area contributed by atoms with Gasteiger partial charge in [-0.1, -0.05) is 54.6 Å². The minimum absolute atomic E-state index is 0.230. The van der Waals surface area contributed by atoms with E-state index in [-0.39, 0.29) is 24.8 Å². The van der Waals surface area contributed by atoms with Crippen LogP contribution >= 0.6 is 0 Å². The first-order valence-corrected chi connectivity index (χ1v) is 10.0. The van der Waals surface area contributed by atoms with Gasteiger partial charge >= 0.3 is 0 Å². The fourth-order valence-electron chi connectivity index (χ4n) is 3.63. The van der Waals surface area contributed by atoms with Gasteiger partial charge in [0.2, 0.25) is 5.91 Å². The number of amides is 1. The summed E-state index contributed by atoms with van der Waals surface area (Å²) >= 11 is 0. The third kappa shape index (κ3) is 3.74. The second kappa shape index (κ2) is 8.07. The molecule has 158 valence electrons. The highest BCUT2D eigenvalue weighted by atomic mass is 19.1. The van der Waals surface area contributed by atoms with E-state index in [2.05, 4.69) is 15.5 Å². The van der Waals surface area contributed by atoms with Gasteiger partial charge in [0.05, 0.1) is 5.69 Å². The summed E-state index contributed by atoms with van der Waals surface area (Å²) in [5.41, 5.74) is 2.23. The van der Waals surface area contributed by atoms with Crippen molar-refractivity contribution < 1.29 is 9.18 Å². The quantitative estimate of drug-likeness (QED) is 0.467. The third-order valence-electron chi connectivity index (χ3n) is 5.25. The van der Waals surface area contributed by atoms with E-state index in [0.717, 1.165) is 26.6 Å². The molecule has 0 fully saturated rings. The molecule has 0 aliphatic carbocycles. The zero-order chi connectivity index (χ0) is 22.1. The molecule has 2 aromatic heterocycles. The molecule has 0 radical (unpaired) electrons. The summed E-state index contributed by atoms with van der Waals surface area (Å²) < 4.78 is 15.5. The molecular weight excluding hydrogens is 409 g/mol. The standard InChI is InChI=1S/C24H18FN5O2/c25-18-10-8-16(9-11-18)13-26-23(31)14-29-24(32)22-12-21(28-30(22)15-27-29)20-7-3-5-17-4-1-2-6-19(17)20/h1-12,15H,13-14H2,(H,26,31). The van der Waals surface area contributed by atoms with Crippen LogP contribution in [0.1, 0.15) is 5.56 Å². The molecule has 0 saturated heterocycles. The number of fused-ring (bicyclic) bond motifs is 2. The molecule has 3 aromatic carbocycles. The van der Waals surface area contributed by atoms with Crippen molar-refractivity contribution in [3.63, 3.8) is 0 Å². The lowest BCUT2D eigenvalue weighted by atomic mass is 10.0. The summed E-state index contributed by atoms with van der Waals surface area (Å²) in [6.07, 6.45) is 1.42. The lowest BCUT2D eigenvalue weighted by Gasteiger charge is -2.07. The van der Waals surface area contributed by atoms with Gasteiger partial charge in [0.15, 0.2) is 0 Å². The van der Waals surface area contributed by atoms with Crippen LogP contribution in [0.4, 0.5) is 4.39 Å². The Kier molecular flexibility index (Phi) is 4.95. The lowest BCUT2D eigenvalue weighted by molar-refractivity contribution is -0.122. The number of nitrogens with one attached hydrogen (secondary N) is 1. The molecule has 5 aromatic rings. The molecule has 0 atom stereocenters. The Bertz CT molecular complexity index is 1500. The van der Waals surface area contributed by atoms with Crippen molar-refractivity contribution >= 4 is 22.2 Å². The zero-order valence-electron chi connectivity index (χ0n) is 16.9.